The number of H-pyrrole nitrogens is 1. The summed E-state index contributed by atoms with van der Waals surface area (Å²) in [4.78, 5) is 14.8. The number of aryl methyl sites for hydroxylation is 1. The molecule has 1 aliphatic rings. The van der Waals surface area contributed by atoms with E-state index in [1.807, 2.05) is 43.6 Å². The van der Waals surface area contributed by atoms with Gasteiger partial charge in [0.1, 0.15) is 5.69 Å². The van der Waals surface area contributed by atoms with Crippen molar-refractivity contribution in [3.8, 4) is 11.3 Å². The molecule has 1 aromatic carbocycles. The summed E-state index contributed by atoms with van der Waals surface area (Å²) in [6.45, 7) is 1.07. The van der Waals surface area contributed by atoms with Gasteiger partial charge in [-0.2, -0.15) is 5.10 Å². The van der Waals surface area contributed by atoms with Crippen LogP contribution in [0.3, 0.4) is 0 Å². The van der Waals surface area contributed by atoms with E-state index in [-0.39, 0.29) is 5.91 Å². The number of benzene rings is 1. The van der Waals surface area contributed by atoms with Gasteiger partial charge >= 0.3 is 0 Å². The molecule has 0 bridgehead atoms. The maximum absolute atomic E-state index is 12.5. The number of nitrogens with one attached hydrogen (secondary N) is 2. The molecule has 1 unspecified atom stereocenters. The fourth-order valence-electron chi connectivity index (χ4n) is 3.36. The van der Waals surface area contributed by atoms with Crippen LogP contribution in [0, 0.1) is 0 Å². The first-order valence-electron chi connectivity index (χ1n) is 8.64. The maximum atomic E-state index is 12.5. The summed E-state index contributed by atoms with van der Waals surface area (Å²) in [5.41, 5.74) is 3.73. The highest BCUT2D eigenvalue weighted by Crippen LogP contribution is 2.29. The third kappa shape index (κ3) is 3.23. The summed E-state index contributed by atoms with van der Waals surface area (Å²) in [6.07, 6.45) is 4.08. The number of amides is 1. The molecule has 1 amide bonds. The molecule has 2 N–H and O–H groups in total. The van der Waals surface area contributed by atoms with Gasteiger partial charge in [0.2, 0.25) is 0 Å². The number of aromatic nitrogens is 5. The number of carbonyl (C=O) groups excluding carboxylic acids is 1. The summed E-state index contributed by atoms with van der Waals surface area (Å²) in [7, 11) is 3.91. The minimum Gasteiger partial charge on any atom is -0.321 e. The second-order valence-corrected chi connectivity index (χ2v) is 6.66. The predicted molar refractivity (Wildman–Crippen MR) is 97.6 cm³/mol. The summed E-state index contributed by atoms with van der Waals surface area (Å²) < 4.78 is 1.64. The molecule has 8 heteroatoms. The number of carbonyl (C=O) groups is 1. The molecule has 4 rings (SSSR count). The first-order valence-corrected chi connectivity index (χ1v) is 8.64. The van der Waals surface area contributed by atoms with E-state index in [0.717, 1.165) is 36.3 Å². The average molecular weight is 351 g/mol. The van der Waals surface area contributed by atoms with E-state index in [2.05, 4.69) is 37.8 Å². The first kappa shape index (κ1) is 16.5. The second-order valence-electron chi connectivity index (χ2n) is 6.66. The van der Waals surface area contributed by atoms with Crippen LogP contribution in [0.1, 0.15) is 35.1 Å². The van der Waals surface area contributed by atoms with Crippen molar-refractivity contribution in [3.05, 3.63) is 47.9 Å². The Labute approximate surface area is 151 Å². The molecule has 2 aromatic heterocycles. The van der Waals surface area contributed by atoms with Crippen LogP contribution in [0.5, 0.6) is 0 Å². The third-order valence-corrected chi connectivity index (χ3v) is 4.73. The lowest BCUT2D eigenvalue weighted by molar-refractivity contribution is 0.102. The molecule has 1 aliphatic heterocycles. The number of hydrogen-bond donors (Lipinski definition) is 2. The number of hydrogen-bond acceptors (Lipinski definition) is 5. The monoisotopic (exact) mass is 351 g/mol. The van der Waals surface area contributed by atoms with E-state index in [1.54, 1.807) is 4.68 Å². The van der Waals surface area contributed by atoms with Crippen molar-refractivity contribution >= 4 is 11.6 Å². The minimum absolute atomic E-state index is 0.232. The molecule has 3 heterocycles. The normalized spacial score (nSPS) is 17.5. The van der Waals surface area contributed by atoms with Crippen molar-refractivity contribution in [2.75, 3.05) is 18.9 Å². The van der Waals surface area contributed by atoms with Crippen LogP contribution in [-0.2, 0) is 7.05 Å². The SMILES string of the molecule is CN1CCCC1c1cc(C(=O)Nc2cccc(-c3cn(C)nn3)c2)n[nH]1. The van der Waals surface area contributed by atoms with Gasteiger partial charge in [0.25, 0.3) is 5.91 Å². The average Bonchev–Trinajstić information content (AvgIpc) is 3.35. The lowest BCUT2D eigenvalue weighted by Gasteiger charge is -2.16. The highest BCUT2D eigenvalue weighted by molar-refractivity contribution is 6.03. The third-order valence-electron chi connectivity index (χ3n) is 4.73. The van der Waals surface area contributed by atoms with Gasteiger partial charge in [-0.15, -0.1) is 5.10 Å². The molecule has 0 aliphatic carbocycles. The van der Waals surface area contributed by atoms with Crippen LogP contribution >= 0.6 is 0 Å². The summed E-state index contributed by atoms with van der Waals surface area (Å²) in [6, 6.07) is 9.68. The fraction of sp³-hybridized carbons (Fsp3) is 0.333. The van der Waals surface area contributed by atoms with Crippen molar-refractivity contribution in [2.45, 2.75) is 18.9 Å². The van der Waals surface area contributed by atoms with E-state index in [1.165, 1.54) is 0 Å². The van der Waals surface area contributed by atoms with Gasteiger partial charge in [-0.1, -0.05) is 17.3 Å². The van der Waals surface area contributed by atoms with E-state index in [0.29, 0.717) is 17.4 Å². The minimum atomic E-state index is -0.232. The van der Waals surface area contributed by atoms with Crippen LogP contribution < -0.4 is 5.32 Å². The van der Waals surface area contributed by atoms with E-state index >= 15 is 0 Å². The van der Waals surface area contributed by atoms with Gasteiger partial charge in [0.05, 0.1) is 17.9 Å². The molecule has 26 heavy (non-hydrogen) atoms. The van der Waals surface area contributed by atoms with E-state index in [9.17, 15) is 4.79 Å². The Bertz CT molecular complexity index is 929. The number of likely N-dealkylation sites (tertiary alicyclic amines) is 1. The first-order chi connectivity index (χ1) is 12.6. The molecule has 134 valence electrons. The van der Waals surface area contributed by atoms with Crippen LogP contribution in [0.4, 0.5) is 5.69 Å². The standard InChI is InChI=1S/C18H21N7O/c1-24-8-4-7-17(24)14-10-15(21-20-14)18(26)19-13-6-3-5-12(9-13)16-11-25(2)23-22-16/h3,5-6,9-11,17H,4,7-8H2,1-2H3,(H,19,26)(H,20,21). The molecule has 1 saturated heterocycles. The molecule has 0 saturated carbocycles. The molecule has 1 atom stereocenters. The van der Waals surface area contributed by atoms with Crippen LogP contribution in [-0.4, -0.2) is 49.6 Å². The van der Waals surface area contributed by atoms with Crippen molar-refractivity contribution in [1.82, 2.24) is 30.1 Å². The zero-order valence-electron chi connectivity index (χ0n) is 14.8. The Hall–Kier alpha value is -3.00. The van der Waals surface area contributed by atoms with Crippen molar-refractivity contribution in [2.24, 2.45) is 7.05 Å². The molecule has 3 aromatic rings. The molecule has 8 nitrogen and oxygen atoms in total. The van der Waals surface area contributed by atoms with Crippen LogP contribution in [0.15, 0.2) is 36.5 Å². The Morgan fingerprint density at radius 1 is 1.31 bits per heavy atom. The van der Waals surface area contributed by atoms with Gasteiger partial charge in [-0.25, -0.2) is 0 Å². The lowest BCUT2D eigenvalue weighted by atomic mass is 10.1. The fourth-order valence-corrected chi connectivity index (χ4v) is 3.36. The van der Waals surface area contributed by atoms with Gasteiger partial charge in [0, 0.05) is 18.3 Å². The maximum Gasteiger partial charge on any atom is 0.276 e. The molecule has 1 fully saturated rings. The highest BCUT2D eigenvalue weighted by Gasteiger charge is 2.25. The largest absolute Gasteiger partial charge is 0.321 e. The number of rotatable bonds is 4. The summed E-state index contributed by atoms with van der Waals surface area (Å²) in [5.74, 6) is -0.232. The zero-order chi connectivity index (χ0) is 18.1. The van der Waals surface area contributed by atoms with Gasteiger partial charge < -0.3 is 5.32 Å². The summed E-state index contributed by atoms with van der Waals surface area (Å²) >= 11 is 0. The molecular weight excluding hydrogens is 330 g/mol. The van der Waals surface area contributed by atoms with E-state index < -0.39 is 0 Å². The van der Waals surface area contributed by atoms with Gasteiger partial charge in [-0.05, 0) is 44.6 Å². The van der Waals surface area contributed by atoms with Crippen LogP contribution in [0.2, 0.25) is 0 Å². The number of nitrogens with zero attached hydrogens (tertiary/aromatic N) is 5. The quantitative estimate of drug-likeness (QED) is 0.752. The van der Waals surface area contributed by atoms with Gasteiger partial charge in [0.15, 0.2) is 5.69 Å². The smallest absolute Gasteiger partial charge is 0.276 e. The number of anilines is 1. The Morgan fingerprint density at radius 2 is 2.19 bits per heavy atom. The van der Waals surface area contributed by atoms with Crippen LogP contribution in [0.25, 0.3) is 11.3 Å². The van der Waals surface area contributed by atoms with Gasteiger partial charge in [-0.3, -0.25) is 19.5 Å². The molecule has 0 radical (unpaired) electrons. The molecule has 0 spiro atoms. The highest BCUT2D eigenvalue weighted by atomic mass is 16.1. The summed E-state index contributed by atoms with van der Waals surface area (Å²) in [5, 5.41) is 18.1. The van der Waals surface area contributed by atoms with Crippen molar-refractivity contribution in [3.63, 3.8) is 0 Å². The Morgan fingerprint density at radius 3 is 2.92 bits per heavy atom. The van der Waals surface area contributed by atoms with E-state index in [4.69, 9.17) is 0 Å². The predicted octanol–water partition coefficient (Wildman–Crippen LogP) is 2.22. The molecular formula is C18H21N7O. The lowest BCUT2D eigenvalue weighted by Crippen LogP contribution is -2.17. The Balaban J connectivity index is 1.49. The topological polar surface area (TPSA) is 91.7 Å². The zero-order valence-corrected chi connectivity index (χ0v) is 14.8. The Kier molecular flexibility index (Phi) is 4.26. The van der Waals surface area contributed by atoms with Crippen molar-refractivity contribution in [1.29, 1.82) is 0 Å². The second kappa shape index (κ2) is 6.72. The van der Waals surface area contributed by atoms with Crippen molar-refractivity contribution < 1.29 is 4.79 Å². The number of aromatic amines is 1.